The molecule has 0 aliphatic heterocycles. The van der Waals surface area contributed by atoms with Gasteiger partial charge in [-0.15, -0.1) is 5.82 Å². The molecule has 0 amide bonds. The number of rotatable bonds is 5. The number of nitrogens with zero attached hydrogens (tertiary/aromatic N) is 2. The van der Waals surface area contributed by atoms with Gasteiger partial charge in [-0.05, 0) is 0 Å². The molecular formula is C11H19BN2O2. The van der Waals surface area contributed by atoms with Crippen LogP contribution in [-0.4, -0.2) is 24.9 Å². The zero-order valence-corrected chi connectivity index (χ0v) is 10.4. The minimum Gasteiger partial charge on any atom is -0.471 e. The fourth-order valence-electron chi connectivity index (χ4n) is 1.75. The van der Waals surface area contributed by atoms with Crippen molar-refractivity contribution in [3.63, 3.8) is 0 Å². The van der Waals surface area contributed by atoms with E-state index < -0.39 is 0 Å². The fourth-order valence-corrected chi connectivity index (χ4v) is 1.75. The summed E-state index contributed by atoms with van der Waals surface area (Å²) in [6, 6.07) is 0. The van der Waals surface area contributed by atoms with Gasteiger partial charge < -0.3 is 4.74 Å². The van der Waals surface area contributed by atoms with E-state index in [0.717, 1.165) is 18.6 Å². The SMILES string of the molecule is CCCC([B-]c1n(C)cc[n+]1C)C(=O)OC. The normalized spacial score (nSPS) is 12.5. The van der Waals surface area contributed by atoms with Crippen LogP contribution in [0.3, 0.4) is 0 Å². The number of aromatic nitrogens is 2. The molecule has 0 aliphatic carbocycles. The van der Waals surface area contributed by atoms with Gasteiger partial charge in [0, 0.05) is 5.72 Å². The molecule has 0 N–H and O–H groups in total. The highest BCUT2D eigenvalue weighted by Crippen LogP contribution is 2.12. The molecule has 1 atom stereocenters. The third-order valence-corrected chi connectivity index (χ3v) is 2.69. The van der Waals surface area contributed by atoms with E-state index in [4.69, 9.17) is 4.74 Å². The van der Waals surface area contributed by atoms with Crippen LogP contribution < -0.4 is 10.3 Å². The first-order chi connectivity index (χ1) is 7.60. The van der Waals surface area contributed by atoms with Gasteiger partial charge in [0.25, 0.3) is 5.97 Å². The number of carbonyl (C=O) groups excluding carboxylic acids is 1. The molecule has 1 rings (SSSR count). The highest BCUT2D eigenvalue weighted by molar-refractivity contribution is 6.56. The number of hydrogen-bond donors (Lipinski definition) is 0. The number of hydrogen-bond acceptors (Lipinski definition) is 2. The molecule has 1 unspecified atom stereocenters. The predicted octanol–water partition coefficient (Wildman–Crippen LogP) is -0.0593. The Morgan fingerprint density at radius 2 is 2.38 bits per heavy atom. The molecule has 4 nitrogen and oxygen atoms in total. The van der Waals surface area contributed by atoms with E-state index in [1.807, 2.05) is 42.9 Å². The molecule has 0 aliphatic rings. The number of imidazole rings is 1. The predicted molar refractivity (Wildman–Crippen MR) is 62.7 cm³/mol. The van der Waals surface area contributed by atoms with Crippen molar-refractivity contribution in [2.24, 2.45) is 14.1 Å². The van der Waals surface area contributed by atoms with Gasteiger partial charge in [-0.1, -0.05) is 19.8 Å². The minimum absolute atomic E-state index is 0.158. The average molecular weight is 222 g/mol. The van der Waals surface area contributed by atoms with Crippen LogP contribution in [0.2, 0.25) is 5.82 Å². The Kier molecular flexibility index (Phi) is 4.59. The van der Waals surface area contributed by atoms with E-state index in [9.17, 15) is 4.79 Å². The molecule has 1 aromatic heterocycles. The number of methoxy groups -OCH3 is 1. The Labute approximate surface area is 97.5 Å². The highest BCUT2D eigenvalue weighted by atomic mass is 16.5. The maximum atomic E-state index is 11.6. The Morgan fingerprint density at radius 3 is 2.81 bits per heavy atom. The van der Waals surface area contributed by atoms with E-state index in [0.29, 0.717) is 0 Å². The molecule has 16 heavy (non-hydrogen) atoms. The van der Waals surface area contributed by atoms with Crippen LogP contribution in [0.5, 0.6) is 0 Å². The van der Waals surface area contributed by atoms with Gasteiger partial charge in [-0.2, -0.15) is 7.28 Å². The van der Waals surface area contributed by atoms with Gasteiger partial charge in [0.15, 0.2) is 0 Å². The summed E-state index contributed by atoms with van der Waals surface area (Å²) in [5.41, 5.74) is 1.02. The molecule has 0 bridgehead atoms. The molecular weight excluding hydrogens is 203 g/mol. The van der Waals surface area contributed by atoms with Gasteiger partial charge in [-0.3, -0.25) is 13.9 Å². The zero-order chi connectivity index (χ0) is 12.1. The fraction of sp³-hybridized carbons (Fsp3) is 0.636. The molecule has 1 heterocycles. The van der Waals surface area contributed by atoms with Crippen molar-refractivity contribution >= 4 is 19.0 Å². The highest BCUT2D eigenvalue weighted by Gasteiger charge is 2.12. The standard InChI is InChI=1S/C11H19BN2O2/c1-5-6-9(10(15)16-4)12-11-13(2)7-8-14(11)3/h7-9H,5-6H2,1-4H3. The summed E-state index contributed by atoms with van der Waals surface area (Å²) in [4.78, 5) is 11.6. The lowest BCUT2D eigenvalue weighted by molar-refractivity contribution is -0.653. The largest absolute Gasteiger partial charge is 0.471 e. The first-order valence-corrected chi connectivity index (χ1v) is 5.53. The summed E-state index contributed by atoms with van der Waals surface area (Å²) in [5.74, 6) is -0.321. The van der Waals surface area contributed by atoms with Crippen LogP contribution in [0.25, 0.3) is 0 Å². The first-order valence-electron chi connectivity index (χ1n) is 5.53. The second kappa shape index (κ2) is 5.73. The van der Waals surface area contributed by atoms with Crippen molar-refractivity contribution in [2.75, 3.05) is 7.11 Å². The Bertz CT molecular complexity index is 343. The topological polar surface area (TPSA) is 35.1 Å². The quantitative estimate of drug-likeness (QED) is 0.397. The number of aryl methyl sites for hydroxylation is 2. The molecule has 0 aromatic carbocycles. The smallest absolute Gasteiger partial charge is 0.267 e. The minimum atomic E-state index is -0.164. The van der Waals surface area contributed by atoms with Crippen molar-refractivity contribution < 1.29 is 14.1 Å². The van der Waals surface area contributed by atoms with Gasteiger partial charge in [0.2, 0.25) is 0 Å². The molecule has 0 saturated carbocycles. The van der Waals surface area contributed by atoms with Gasteiger partial charge in [-0.25, -0.2) is 0 Å². The Balaban J connectivity index is 2.79. The lowest BCUT2D eigenvalue weighted by atomic mass is 9.61. The average Bonchev–Trinajstić information content (AvgIpc) is 2.58. The van der Waals surface area contributed by atoms with Crippen LogP contribution in [0.1, 0.15) is 19.8 Å². The number of ether oxygens (including phenoxy) is 1. The van der Waals surface area contributed by atoms with E-state index >= 15 is 0 Å². The number of esters is 1. The second-order valence-electron chi connectivity index (χ2n) is 3.96. The molecule has 5 heteroatoms. The lowest BCUT2D eigenvalue weighted by Crippen LogP contribution is -2.51. The lowest BCUT2D eigenvalue weighted by Gasteiger charge is -2.23. The van der Waals surface area contributed by atoms with E-state index in [1.165, 1.54) is 7.11 Å². The summed E-state index contributed by atoms with van der Waals surface area (Å²) in [6.45, 7) is 2.06. The van der Waals surface area contributed by atoms with Crippen molar-refractivity contribution in [3.8, 4) is 0 Å². The summed E-state index contributed by atoms with van der Waals surface area (Å²) in [5, 5.41) is 0. The summed E-state index contributed by atoms with van der Waals surface area (Å²) in [6.07, 6.45) is 5.71. The van der Waals surface area contributed by atoms with E-state index in [1.54, 1.807) is 0 Å². The molecule has 1 aromatic rings. The van der Waals surface area contributed by atoms with Crippen molar-refractivity contribution in [3.05, 3.63) is 12.4 Å². The molecule has 2 radical (unpaired) electrons. The summed E-state index contributed by atoms with van der Waals surface area (Å²) in [7, 11) is 7.33. The summed E-state index contributed by atoms with van der Waals surface area (Å²) >= 11 is 0. The van der Waals surface area contributed by atoms with E-state index in [2.05, 4.69) is 6.92 Å². The maximum Gasteiger partial charge on any atom is 0.267 e. The Hall–Kier alpha value is -1.26. The second-order valence-corrected chi connectivity index (χ2v) is 3.96. The van der Waals surface area contributed by atoms with Gasteiger partial charge in [0.1, 0.15) is 12.4 Å². The van der Waals surface area contributed by atoms with Crippen LogP contribution >= 0.6 is 0 Å². The third-order valence-electron chi connectivity index (χ3n) is 2.69. The van der Waals surface area contributed by atoms with Gasteiger partial charge >= 0.3 is 0 Å². The van der Waals surface area contributed by atoms with Crippen molar-refractivity contribution in [1.82, 2.24) is 4.57 Å². The van der Waals surface area contributed by atoms with Crippen molar-refractivity contribution in [1.29, 1.82) is 0 Å². The summed E-state index contributed by atoms with van der Waals surface area (Å²) < 4.78 is 8.79. The zero-order valence-electron chi connectivity index (χ0n) is 10.4. The van der Waals surface area contributed by atoms with Crippen molar-refractivity contribution in [2.45, 2.75) is 25.6 Å². The monoisotopic (exact) mass is 222 g/mol. The van der Waals surface area contributed by atoms with Crippen LogP contribution in [0, 0.1) is 0 Å². The number of carbonyl (C=O) groups is 1. The molecule has 0 spiro atoms. The molecule has 0 fully saturated rings. The molecule has 0 saturated heterocycles. The van der Waals surface area contributed by atoms with Crippen LogP contribution in [0.4, 0.5) is 0 Å². The first kappa shape index (κ1) is 12.8. The Morgan fingerprint density at radius 1 is 1.69 bits per heavy atom. The van der Waals surface area contributed by atoms with Crippen LogP contribution in [0.15, 0.2) is 12.4 Å². The molecule has 88 valence electrons. The van der Waals surface area contributed by atoms with E-state index in [-0.39, 0.29) is 11.8 Å². The third kappa shape index (κ3) is 2.87. The van der Waals surface area contributed by atoms with Gasteiger partial charge in [0.05, 0.1) is 21.2 Å². The van der Waals surface area contributed by atoms with Crippen LogP contribution in [-0.2, 0) is 23.6 Å². The maximum absolute atomic E-state index is 11.6.